The van der Waals surface area contributed by atoms with E-state index >= 15 is 0 Å². The lowest BCUT2D eigenvalue weighted by Crippen LogP contribution is -2.27. The topological polar surface area (TPSA) is 107 Å². The van der Waals surface area contributed by atoms with Crippen molar-refractivity contribution in [3.05, 3.63) is 4.80 Å². The van der Waals surface area contributed by atoms with Crippen molar-refractivity contribution in [2.45, 2.75) is 37.7 Å². The average molecular weight is 336 g/mol. The van der Waals surface area contributed by atoms with E-state index in [-0.39, 0.29) is 9.14 Å². The highest BCUT2D eigenvalue weighted by Crippen LogP contribution is 2.74. The van der Waals surface area contributed by atoms with E-state index in [1.807, 2.05) is 0 Å². The number of aryl methyl sites for hydroxylation is 1. The quantitative estimate of drug-likeness (QED) is 0.839. The first-order chi connectivity index (χ1) is 9.26. The molecule has 1 amide bonds. The van der Waals surface area contributed by atoms with E-state index in [0.717, 1.165) is 4.68 Å². The molecule has 118 valence electrons. The van der Waals surface area contributed by atoms with Gasteiger partial charge in [-0.05, 0) is 0 Å². The smallest absolute Gasteiger partial charge is 0.269 e. The average Bonchev–Trinajstić information content (AvgIpc) is 2.64. The normalized spacial score (nSPS) is 23.1. The van der Waals surface area contributed by atoms with Gasteiger partial charge in [-0.3, -0.25) is 4.79 Å². The minimum absolute atomic E-state index is 0.0143. The summed E-state index contributed by atoms with van der Waals surface area (Å²) in [5.41, 5.74) is -3.77. The molecule has 0 unspecified atom stereocenters. The van der Waals surface area contributed by atoms with Crippen molar-refractivity contribution in [1.82, 2.24) is 9.78 Å². The van der Waals surface area contributed by atoms with Gasteiger partial charge >= 0.3 is 0 Å². The molecule has 1 saturated carbocycles. The highest BCUT2D eigenvalue weighted by molar-refractivity contribution is 7.91. The lowest BCUT2D eigenvalue weighted by Gasteiger charge is -2.05. The first kappa shape index (κ1) is 16.2. The largest absolute Gasteiger partial charge is 0.287 e. The second-order valence-electron chi connectivity index (χ2n) is 6.14. The number of carbonyl (C=O) groups is 1. The van der Waals surface area contributed by atoms with Crippen molar-refractivity contribution in [2.24, 2.45) is 28.0 Å². The standard InChI is InChI=1S/C11H17FN4O3S2/c1-9(2)10(3,4)11(9,12)6(17)14-7-16(5)15-8(20-7)21(13,18)19/h1-5H3,(H2,13,18,19). The molecule has 0 aliphatic heterocycles. The monoisotopic (exact) mass is 336 g/mol. The molecule has 0 aromatic carbocycles. The number of primary sulfonamides is 1. The van der Waals surface area contributed by atoms with E-state index in [2.05, 4.69) is 10.1 Å². The number of amides is 1. The first-order valence-corrected chi connectivity index (χ1v) is 8.48. The minimum atomic E-state index is -3.98. The van der Waals surface area contributed by atoms with Crippen LogP contribution in [0.5, 0.6) is 0 Å². The summed E-state index contributed by atoms with van der Waals surface area (Å²) in [5, 5.41) is 8.62. The summed E-state index contributed by atoms with van der Waals surface area (Å²) in [4.78, 5) is 15.9. The van der Waals surface area contributed by atoms with Gasteiger partial charge in [0.2, 0.25) is 14.8 Å². The molecule has 0 spiro atoms. The fraction of sp³-hybridized carbons (Fsp3) is 0.727. The predicted molar refractivity (Wildman–Crippen MR) is 74.4 cm³/mol. The number of rotatable bonds is 2. The second-order valence-corrected chi connectivity index (χ2v) is 8.84. The van der Waals surface area contributed by atoms with Crippen LogP contribution in [0.3, 0.4) is 0 Å². The zero-order chi connectivity index (χ0) is 16.4. The molecule has 10 heteroatoms. The summed E-state index contributed by atoms with van der Waals surface area (Å²) in [6.07, 6.45) is 0. The Hall–Kier alpha value is -1.13. The Labute approximate surface area is 125 Å². The van der Waals surface area contributed by atoms with E-state index in [9.17, 15) is 17.6 Å². The van der Waals surface area contributed by atoms with Crippen LogP contribution in [0.2, 0.25) is 0 Å². The van der Waals surface area contributed by atoms with E-state index in [1.54, 1.807) is 27.7 Å². The SMILES string of the molecule is Cn1nc(S(N)(=O)=O)sc1=NC(=O)C1(F)C(C)(C)C1(C)C. The molecule has 1 heterocycles. The molecule has 2 rings (SSSR count). The molecule has 2 N–H and O–H groups in total. The molecule has 0 bridgehead atoms. The number of sulfonamides is 1. The van der Waals surface area contributed by atoms with Crippen molar-refractivity contribution in [1.29, 1.82) is 0 Å². The number of carbonyl (C=O) groups excluding carboxylic acids is 1. The highest BCUT2D eigenvalue weighted by Gasteiger charge is 2.83. The van der Waals surface area contributed by atoms with E-state index < -0.39 is 32.4 Å². The molecule has 21 heavy (non-hydrogen) atoms. The molecule has 1 fully saturated rings. The summed E-state index contributed by atoms with van der Waals surface area (Å²) < 4.78 is 38.0. The lowest BCUT2D eigenvalue weighted by molar-refractivity contribution is -0.126. The molecule has 0 radical (unpaired) electrons. The molecule has 1 aliphatic carbocycles. The van der Waals surface area contributed by atoms with Crippen molar-refractivity contribution in [3.8, 4) is 0 Å². The first-order valence-electron chi connectivity index (χ1n) is 6.12. The number of nitrogens with two attached hydrogens (primary N) is 1. The van der Waals surface area contributed by atoms with Crippen LogP contribution in [0.15, 0.2) is 9.33 Å². The summed E-state index contributed by atoms with van der Waals surface area (Å²) in [7, 11) is -2.58. The van der Waals surface area contributed by atoms with Gasteiger partial charge in [-0.15, -0.1) is 5.10 Å². The van der Waals surface area contributed by atoms with Crippen LogP contribution in [0.25, 0.3) is 0 Å². The third-order valence-corrected chi connectivity index (χ3v) is 6.95. The summed E-state index contributed by atoms with van der Waals surface area (Å²) in [5.74, 6) is -0.933. The second kappa shape index (κ2) is 4.20. The third kappa shape index (κ3) is 2.00. The zero-order valence-corrected chi connectivity index (χ0v) is 14.0. The van der Waals surface area contributed by atoms with E-state index in [1.165, 1.54) is 7.05 Å². The Kier molecular flexibility index (Phi) is 3.25. The summed E-state index contributed by atoms with van der Waals surface area (Å²) in [6, 6.07) is 0. The molecule has 0 atom stereocenters. The van der Waals surface area contributed by atoms with Crippen LogP contribution in [0, 0.1) is 10.8 Å². The van der Waals surface area contributed by atoms with Crippen molar-refractivity contribution in [2.75, 3.05) is 0 Å². The predicted octanol–water partition coefficient (Wildman–Crippen LogP) is 0.331. The lowest BCUT2D eigenvalue weighted by atomic mass is 10.0. The third-order valence-electron chi connectivity index (χ3n) is 4.64. The number of nitrogens with zero attached hydrogens (tertiary/aromatic N) is 3. The maximum atomic E-state index is 14.9. The van der Waals surface area contributed by atoms with Crippen LogP contribution in [0.1, 0.15) is 27.7 Å². The fourth-order valence-corrected chi connectivity index (χ4v) is 4.03. The van der Waals surface area contributed by atoms with Gasteiger partial charge in [0.05, 0.1) is 0 Å². The van der Waals surface area contributed by atoms with Crippen LogP contribution < -0.4 is 9.94 Å². The Bertz CT molecular complexity index is 775. The maximum Gasteiger partial charge on any atom is 0.287 e. The Morgan fingerprint density at radius 3 is 2.14 bits per heavy atom. The summed E-state index contributed by atoms with van der Waals surface area (Å²) >= 11 is 0.624. The van der Waals surface area contributed by atoms with E-state index in [0.29, 0.717) is 11.3 Å². The van der Waals surface area contributed by atoms with E-state index in [4.69, 9.17) is 5.14 Å². The molecule has 7 nitrogen and oxygen atoms in total. The van der Waals surface area contributed by atoms with Crippen molar-refractivity contribution >= 4 is 27.3 Å². The van der Waals surface area contributed by atoms with Crippen molar-refractivity contribution < 1.29 is 17.6 Å². The number of hydrogen-bond acceptors (Lipinski definition) is 5. The van der Waals surface area contributed by atoms with Gasteiger partial charge in [-0.2, -0.15) is 4.99 Å². The fourth-order valence-electron chi connectivity index (χ4n) is 2.48. The zero-order valence-electron chi connectivity index (χ0n) is 12.3. The number of alkyl halides is 1. The molecule has 1 aliphatic rings. The molecule has 1 aromatic rings. The number of aromatic nitrogens is 2. The van der Waals surface area contributed by atoms with Gasteiger partial charge in [0.15, 0.2) is 0 Å². The van der Waals surface area contributed by atoms with Crippen LogP contribution >= 0.6 is 11.3 Å². The Morgan fingerprint density at radius 2 is 1.81 bits per heavy atom. The van der Waals surface area contributed by atoms with Crippen LogP contribution in [0.4, 0.5) is 4.39 Å². The Balaban J connectivity index is 2.48. The van der Waals surface area contributed by atoms with Gasteiger partial charge in [-0.25, -0.2) is 22.6 Å². The number of halogens is 1. The van der Waals surface area contributed by atoms with Gasteiger partial charge in [0.1, 0.15) is 0 Å². The minimum Gasteiger partial charge on any atom is -0.269 e. The molecular formula is C11H17FN4O3S2. The highest BCUT2D eigenvalue weighted by atomic mass is 32.2. The molecule has 1 aromatic heterocycles. The van der Waals surface area contributed by atoms with Gasteiger partial charge in [0, 0.05) is 17.9 Å². The number of hydrogen-bond donors (Lipinski definition) is 1. The van der Waals surface area contributed by atoms with Gasteiger partial charge < -0.3 is 0 Å². The summed E-state index contributed by atoms with van der Waals surface area (Å²) in [6.45, 7) is 6.62. The van der Waals surface area contributed by atoms with Crippen LogP contribution in [-0.2, 0) is 21.9 Å². The van der Waals surface area contributed by atoms with Crippen molar-refractivity contribution in [3.63, 3.8) is 0 Å². The Morgan fingerprint density at radius 1 is 1.33 bits per heavy atom. The molecular weight excluding hydrogens is 319 g/mol. The van der Waals surface area contributed by atoms with Gasteiger partial charge in [-0.1, -0.05) is 39.0 Å². The van der Waals surface area contributed by atoms with Crippen LogP contribution in [-0.4, -0.2) is 29.8 Å². The maximum absolute atomic E-state index is 14.9. The molecule has 0 saturated heterocycles. The van der Waals surface area contributed by atoms with Gasteiger partial charge in [0.25, 0.3) is 15.9 Å².